The number of hydrogen-bond donors (Lipinski definition) is 0. The standard InChI is InChI=1S/C17H15F3O2/c18-17(19,20)16(21)14-8-10-15(11-9-14)22-12-4-7-13-5-2-1-3-6-13/h1-3,5-6,8-11H,4,7,12H2. The fraction of sp³-hybridized carbons (Fsp3) is 0.235. The third-order valence-electron chi connectivity index (χ3n) is 3.10. The van der Waals surface area contributed by atoms with Gasteiger partial charge in [-0.15, -0.1) is 0 Å². The number of benzene rings is 2. The molecule has 0 aliphatic carbocycles. The molecule has 0 saturated carbocycles. The molecule has 2 aromatic carbocycles. The van der Waals surface area contributed by atoms with Crippen molar-refractivity contribution in [2.45, 2.75) is 19.0 Å². The van der Waals surface area contributed by atoms with Crippen LogP contribution in [0.3, 0.4) is 0 Å². The van der Waals surface area contributed by atoms with Gasteiger partial charge in [0.2, 0.25) is 0 Å². The molecule has 2 nitrogen and oxygen atoms in total. The number of Topliss-reactive ketones (excluding diaryl/α,β-unsaturated/α-hetero) is 1. The van der Waals surface area contributed by atoms with Crippen molar-refractivity contribution in [3.63, 3.8) is 0 Å². The van der Waals surface area contributed by atoms with Crippen LogP contribution in [-0.2, 0) is 6.42 Å². The largest absolute Gasteiger partial charge is 0.494 e. The quantitative estimate of drug-likeness (QED) is 0.582. The first-order chi connectivity index (χ1) is 10.5. The second-order valence-electron chi connectivity index (χ2n) is 4.79. The van der Waals surface area contributed by atoms with Gasteiger partial charge in [0, 0.05) is 5.56 Å². The number of aryl methyl sites for hydroxylation is 1. The maximum absolute atomic E-state index is 12.3. The van der Waals surface area contributed by atoms with Crippen molar-refractivity contribution in [1.29, 1.82) is 0 Å². The Morgan fingerprint density at radius 1 is 0.955 bits per heavy atom. The van der Waals surface area contributed by atoms with E-state index in [0.717, 1.165) is 25.0 Å². The zero-order chi connectivity index (χ0) is 16.0. The van der Waals surface area contributed by atoms with Crippen LogP contribution >= 0.6 is 0 Å². The summed E-state index contributed by atoms with van der Waals surface area (Å²) in [7, 11) is 0. The predicted octanol–water partition coefficient (Wildman–Crippen LogP) is 4.44. The molecule has 0 fully saturated rings. The zero-order valence-electron chi connectivity index (χ0n) is 11.8. The fourth-order valence-electron chi connectivity index (χ4n) is 1.98. The summed E-state index contributed by atoms with van der Waals surface area (Å²) in [6.45, 7) is 0.460. The fourth-order valence-corrected chi connectivity index (χ4v) is 1.98. The monoisotopic (exact) mass is 308 g/mol. The number of ether oxygens (including phenoxy) is 1. The van der Waals surface area contributed by atoms with Gasteiger partial charge in [0.05, 0.1) is 6.61 Å². The lowest BCUT2D eigenvalue weighted by Crippen LogP contribution is -2.22. The average molecular weight is 308 g/mol. The smallest absolute Gasteiger partial charge is 0.454 e. The summed E-state index contributed by atoms with van der Waals surface area (Å²) in [6.07, 6.45) is -3.18. The lowest BCUT2D eigenvalue weighted by atomic mass is 10.1. The van der Waals surface area contributed by atoms with Crippen molar-refractivity contribution in [3.8, 4) is 5.75 Å². The Kier molecular flexibility index (Phi) is 5.20. The lowest BCUT2D eigenvalue weighted by molar-refractivity contribution is -0.0885. The Balaban J connectivity index is 1.81. The highest BCUT2D eigenvalue weighted by Crippen LogP contribution is 2.23. The number of carbonyl (C=O) groups excluding carboxylic acids is 1. The molecule has 116 valence electrons. The molecular formula is C17H15F3O2. The molecule has 0 amide bonds. The molecule has 0 aromatic heterocycles. The summed E-state index contributed by atoms with van der Waals surface area (Å²) in [4.78, 5) is 11.0. The third-order valence-corrected chi connectivity index (χ3v) is 3.10. The van der Waals surface area contributed by atoms with Crippen LogP contribution in [0.25, 0.3) is 0 Å². The molecule has 5 heteroatoms. The minimum Gasteiger partial charge on any atom is -0.494 e. The van der Waals surface area contributed by atoms with E-state index in [1.54, 1.807) is 0 Å². The van der Waals surface area contributed by atoms with Gasteiger partial charge >= 0.3 is 6.18 Å². The molecule has 0 unspecified atom stereocenters. The average Bonchev–Trinajstić information content (AvgIpc) is 2.52. The van der Waals surface area contributed by atoms with Crippen LogP contribution in [0.1, 0.15) is 22.3 Å². The Hall–Kier alpha value is -2.30. The molecule has 0 bridgehead atoms. The Labute approximate surface area is 126 Å². The van der Waals surface area contributed by atoms with Crippen molar-refractivity contribution in [3.05, 3.63) is 65.7 Å². The van der Waals surface area contributed by atoms with Crippen molar-refractivity contribution in [2.75, 3.05) is 6.61 Å². The summed E-state index contributed by atoms with van der Waals surface area (Å²) < 4.78 is 42.2. The summed E-state index contributed by atoms with van der Waals surface area (Å²) in [6, 6.07) is 14.9. The van der Waals surface area contributed by atoms with Gasteiger partial charge < -0.3 is 4.74 Å². The van der Waals surface area contributed by atoms with Crippen LogP contribution in [-0.4, -0.2) is 18.6 Å². The maximum Gasteiger partial charge on any atom is 0.454 e. The molecule has 0 saturated heterocycles. The number of carbonyl (C=O) groups is 1. The Morgan fingerprint density at radius 2 is 1.59 bits per heavy atom. The van der Waals surface area contributed by atoms with Crippen LogP contribution in [0.5, 0.6) is 5.75 Å². The second-order valence-corrected chi connectivity index (χ2v) is 4.79. The summed E-state index contributed by atoms with van der Waals surface area (Å²) in [5.74, 6) is -1.39. The molecule has 0 atom stereocenters. The van der Waals surface area contributed by atoms with E-state index in [4.69, 9.17) is 4.74 Å². The molecule has 0 N–H and O–H groups in total. The van der Waals surface area contributed by atoms with Gasteiger partial charge in [-0.3, -0.25) is 4.79 Å². The Bertz CT molecular complexity index is 604. The topological polar surface area (TPSA) is 26.3 Å². The summed E-state index contributed by atoms with van der Waals surface area (Å²) in [5.41, 5.74) is 0.821. The van der Waals surface area contributed by atoms with Crippen LogP contribution < -0.4 is 4.74 Å². The first-order valence-electron chi connectivity index (χ1n) is 6.85. The van der Waals surface area contributed by atoms with Gasteiger partial charge in [-0.05, 0) is 42.7 Å². The van der Waals surface area contributed by atoms with Gasteiger partial charge in [-0.25, -0.2) is 0 Å². The van der Waals surface area contributed by atoms with E-state index in [-0.39, 0.29) is 5.56 Å². The van der Waals surface area contributed by atoms with Gasteiger partial charge in [0.1, 0.15) is 5.75 Å². The van der Waals surface area contributed by atoms with Gasteiger partial charge in [-0.1, -0.05) is 30.3 Å². The molecule has 0 heterocycles. The van der Waals surface area contributed by atoms with E-state index >= 15 is 0 Å². The van der Waals surface area contributed by atoms with Crippen LogP contribution in [0.2, 0.25) is 0 Å². The highest BCUT2D eigenvalue weighted by atomic mass is 19.4. The third kappa shape index (κ3) is 4.62. The number of ketones is 1. The first-order valence-corrected chi connectivity index (χ1v) is 6.85. The number of rotatable bonds is 6. The van der Waals surface area contributed by atoms with Crippen LogP contribution in [0.4, 0.5) is 13.2 Å². The minimum absolute atomic E-state index is 0.385. The van der Waals surface area contributed by atoms with Gasteiger partial charge in [0.15, 0.2) is 0 Å². The first kappa shape index (κ1) is 16.1. The molecule has 0 spiro atoms. The minimum atomic E-state index is -4.85. The second kappa shape index (κ2) is 7.11. The van der Waals surface area contributed by atoms with E-state index in [2.05, 4.69) is 0 Å². The summed E-state index contributed by atoms with van der Waals surface area (Å²) in [5, 5.41) is 0. The normalized spacial score (nSPS) is 11.2. The number of halogens is 3. The van der Waals surface area contributed by atoms with Crippen molar-refractivity contribution in [1.82, 2.24) is 0 Å². The molecule has 22 heavy (non-hydrogen) atoms. The highest BCUT2D eigenvalue weighted by Gasteiger charge is 2.39. The van der Waals surface area contributed by atoms with Crippen LogP contribution in [0.15, 0.2) is 54.6 Å². The summed E-state index contributed by atoms with van der Waals surface area (Å²) >= 11 is 0. The molecule has 2 rings (SSSR count). The van der Waals surface area contributed by atoms with Gasteiger partial charge in [-0.2, -0.15) is 13.2 Å². The van der Waals surface area contributed by atoms with Crippen molar-refractivity contribution < 1.29 is 22.7 Å². The lowest BCUT2D eigenvalue weighted by Gasteiger charge is -2.08. The van der Waals surface area contributed by atoms with Gasteiger partial charge in [0.25, 0.3) is 5.78 Å². The highest BCUT2D eigenvalue weighted by molar-refractivity contribution is 6.00. The SMILES string of the molecule is O=C(c1ccc(OCCCc2ccccc2)cc1)C(F)(F)F. The molecule has 0 radical (unpaired) electrons. The molecule has 0 aliphatic heterocycles. The van der Waals surface area contributed by atoms with Crippen molar-refractivity contribution in [2.24, 2.45) is 0 Å². The predicted molar refractivity (Wildman–Crippen MR) is 77.1 cm³/mol. The number of alkyl halides is 3. The van der Waals surface area contributed by atoms with E-state index in [0.29, 0.717) is 12.4 Å². The zero-order valence-corrected chi connectivity index (χ0v) is 11.8. The Morgan fingerprint density at radius 3 is 2.18 bits per heavy atom. The van der Waals surface area contributed by atoms with E-state index in [9.17, 15) is 18.0 Å². The molecule has 2 aromatic rings. The van der Waals surface area contributed by atoms with E-state index in [1.807, 2.05) is 30.3 Å². The van der Waals surface area contributed by atoms with Crippen molar-refractivity contribution >= 4 is 5.78 Å². The molecular weight excluding hydrogens is 293 g/mol. The number of hydrogen-bond acceptors (Lipinski definition) is 2. The maximum atomic E-state index is 12.3. The van der Waals surface area contributed by atoms with E-state index < -0.39 is 12.0 Å². The molecule has 0 aliphatic rings. The van der Waals surface area contributed by atoms with E-state index in [1.165, 1.54) is 17.7 Å². The van der Waals surface area contributed by atoms with Crippen LogP contribution in [0, 0.1) is 0 Å².